The third-order valence-electron chi connectivity index (χ3n) is 6.74. The van der Waals surface area contributed by atoms with Gasteiger partial charge in [-0.15, -0.1) is 0 Å². The zero-order chi connectivity index (χ0) is 25.5. The average Bonchev–Trinajstić information content (AvgIpc) is 3.41. The number of oxime groups is 1. The summed E-state index contributed by atoms with van der Waals surface area (Å²) in [5, 5.41) is 15.5. The highest BCUT2D eigenvalue weighted by Gasteiger charge is 2.59. The van der Waals surface area contributed by atoms with Crippen LogP contribution in [-0.4, -0.2) is 5.71 Å². The van der Waals surface area contributed by atoms with Gasteiger partial charge in [-0.2, -0.15) is 5.26 Å². The molecule has 3 aromatic rings. The molecule has 3 unspecified atom stereocenters. The highest BCUT2D eigenvalue weighted by Crippen LogP contribution is 2.61. The maximum absolute atomic E-state index is 10.1. The van der Waals surface area contributed by atoms with Crippen LogP contribution in [0.1, 0.15) is 44.2 Å². The van der Waals surface area contributed by atoms with Crippen molar-refractivity contribution in [2.24, 2.45) is 22.4 Å². The van der Waals surface area contributed by atoms with Crippen LogP contribution < -0.4 is 4.74 Å². The van der Waals surface area contributed by atoms with Crippen molar-refractivity contribution in [1.29, 1.82) is 5.26 Å². The summed E-state index contributed by atoms with van der Waals surface area (Å²) < 4.78 is 6.00. The van der Waals surface area contributed by atoms with Gasteiger partial charge in [0.2, 0.25) is 0 Å². The molecule has 0 radical (unpaired) electrons. The molecule has 3 atom stereocenters. The number of rotatable bonds is 10. The fraction of sp³-hybridized carbons (Fsp3) is 0.290. The molecular formula is C31H31ClN2O2. The number of allylic oxidation sites excluding steroid dienone is 2. The first-order valence-electron chi connectivity index (χ1n) is 12.2. The number of para-hydroxylation sites is 1. The number of nitrogens with zero attached hydrogens (tertiary/aromatic N) is 2. The van der Waals surface area contributed by atoms with Gasteiger partial charge in [0.05, 0.1) is 17.7 Å². The molecular weight excluding hydrogens is 468 g/mol. The first-order chi connectivity index (χ1) is 17.4. The summed E-state index contributed by atoms with van der Waals surface area (Å²) in [4.78, 5) is 5.81. The summed E-state index contributed by atoms with van der Waals surface area (Å²) >= 11 is 6.23. The minimum atomic E-state index is -0.387. The number of ether oxygens (including phenoxy) is 1. The molecule has 0 heterocycles. The second-order valence-electron chi connectivity index (χ2n) is 9.79. The number of benzene rings is 3. The van der Waals surface area contributed by atoms with Gasteiger partial charge in [-0.3, -0.25) is 0 Å². The van der Waals surface area contributed by atoms with E-state index < -0.39 is 0 Å². The van der Waals surface area contributed by atoms with Gasteiger partial charge in [0.15, 0.2) is 0 Å². The molecule has 1 fully saturated rings. The quantitative estimate of drug-likeness (QED) is 0.208. The van der Waals surface area contributed by atoms with Gasteiger partial charge in [-0.1, -0.05) is 97.3 Å². The Labute approximate surface area is 218 Å². The van der Waals surface area contributed by atoms with E-state index in [0.717, 1.165) is 27.6 Å². The van der Waals surface area contributed by atoms with Crippen molar-refractivity contribution in [2.75, 3.05) is 0 Å². The summed E-state index contributed by atoms with van der Waals surface area (Å²) in [5.74, 6) is 1.47. The van der Waals surface area contributed by atoms with Crippen LogP contribution >= 0.6 is 11.6 Å². The minimum absolute atomic E-state index is 0.0106. The van der Waals surface area contributed by atoms with Crippen LogP contribution in [0.15, 0.2) is 101 Å². The van der Waals surface area contributed by atoms with Gasteiger partial charge in [-0.05, 0) is 53.6 Å². The van der Waals surface area contributed by atoms with Crippen LogP contribution in [-0.2, 0) is 11.4 Å². The van der Waals surface area contributed by atoms with E-state index in [2.05, 4.69) is 31.1 Å². The molecule has 3 aromatic carbocycles. The van der Waals surface area contributed by atoms with Crippen LogP contribution in [0.25, 0.3) is 0 Å². The summed E-state index contributed by atoms with van der Waals surface area (Å²) in [6, 6.07) is 29.8. The topological polar surface area (TPSA) is 54.6 Å². The van der Waals surface area contributed by atoms with E-state index in [1.807, 2.05) is 91.9 Å². The van der Waals surface area contributed by atoms with Crippen LogP contribution in [0.3, 0.4) is 0 Å². The van der Waals surface area contributed by atoms with E-state index in [0.29, 0.717) is 18.8 Å². The van der Waals surface area contributed by atoms with E-state index in [1.54, 1.807) is 0 Å². The highest BCUT2D eigenvalue weighted by atomic mass is 35.5. The number of hydrogen-bond donors (Lipinski definition) is 0. The Balaban J connectivity index is 1.56. The molecule has 184 valence electrons. The van der Waals surface area contributed by atoms with Gasteiger partial charge in [0.25, 0.3) is 0 Å². The van der Waals surface area contributed by atoms with Crippen LogP contribution in [0, 0.1) is 28.6 Å². The molecule has 0 saturated heterocycles. The number of nitriles is 1. The average molecular weight is 499 g/mol. The third kappa shape index (κ3) is 6.36. The monoisotopic (exact) mass is 498 g/mol. The summed E-state index contributed by atoms with van der Waals surface area (Å²) in [5.41, 5.74) is 2.81. The lowest BCUT2D eigenvalue weighted by molar-refractivity contribution is 0.128. The molecule has 0 aliphatic heterocycles. The Hall–Kier alpha value is -3.55. The number of hydrogen-bond acceptors (Lipinski definition) is 4. The van der Waals surface area contributed by atoms with Crippen molar-refractivity contribution < 1.29 is 9.57 Å². The van der Waals surface area contributed by atoms with E-state index in [1.165, 1.54) is 0 Å². The van der Waals surface area contributed by atoms with Crippen LogP contribution in [0.2, 0.25) is 0 Å². The summed E-state index contributed by atoms with van der Waals surface area (Å²) in [6.07, 6.45) is 2.56. The zero-order valence-corrected chi connectivity index (χ0v) is 21.7. The molecule has 0 amide bonds. The van der Waals surface area contributed by atoms with Crippen molar-refractivity contribution in [3.8, 4) is 17.6 Å². The Morgan fingerprint density at radius 1 is 1.03 bits per heavy atom. The van der Waals surface area contributed by atoms with Gasteiger partial charge in [0.1, 0.15) is 18.1 Å². The van der Waals surface area contributed by atoms with Gasteiger partial charge >= 0.3 is 0 Å². The largest absolute Gasteiger partial charge is 0.457 e. The first kappa shape index (κ1) is 25.5. The Morgan fingerprint density at radius 3 is 2.36 bits per heavy atom. The van der Waals surface area contributed by atoms with Crippen LogP contribution in [0.4, 0.5) is 0 Å². The fourth-order valence-electron chi connectivity index (χ4n) is 4.72. The molecule has 4 nitrogen and oxygen atoms in total. The second kappa shape index (κ2) is 11.5. The van der Waals surface area contributed by atoms with Crippen molar-refractivity contribution in [3.63, 3.8) is 0 Å². The summed E-state index contributed by atoms with van der Waals surface area (Å²) in [7, 11) is 0. The first-order valence-corrected chi connectivity index (χ1v) is 12.6. The van der Waals surface area contributed by atoms with Crippen molar-refractivity contribution >= 4 is 17.3 Å². The standard InChI is InChI=1S/C31H31ClN2O2/c1-22(32)17-28-30(31(28,2)3)29(34-35-21-23-11-6-4-7-12-23)19-25(20-33)24-13-10-16-27(18-24)36-26-14-8-5-9-15-26/h4-18,25,28,30H,19,21H2,1-3H3/b22-17-,34-29?. The maximum Gasteiger partial charge on any atom is 0.142 e. The molecule has 0 spiro atoms. The summed E-state index contributed by atoms with van der Waals surface area (Å²) in [6.45, 7) is 6.69. The van der Waals surface area contributed by atoms with E-state index >= 15 is 0 Å². The lowest BCUT2D eigenvalue weighted by atomic mass is 9.91. The minimum Gasteiger partial charge on any atom is -0.457 e. The molecule has 1 aliphatic rings. The van der Waals surface area contributed by atoms with Crippen molar-refractivity contribution in [2.45, 2.75) is 39.7 Å². The molecule has 0 aromatic heterocycles. The van der Waals surface area contributed by atoms with Crippen molar-refractivity contribution in [3.05, 3.63) is 107 Å². The van der Waals surface area contributed by atoms with Gasteiger partial charge in [0, 0.05) is 17.4 Å². The fourth-order valence-corrected chi connectivity index (χ4v) is 4.86. The van der Waals surface area contributed by atoms with Gasteiger partial charge in [-0.25, -0.2) is 0 Å². The normalized spacial score (nSPS) is 19.8. The van der Waals surface area contributed by atoms with Gasteiger partial charge < -0.3 is 9.57 Å². The zero-order valence-electron chi connectivity index (χ0n) is 20.9. The maximum atomic E-state index is 10.1. The lowest BCUT2D eigenvalue weighted by Gasteiger charge is -2.14. The molecule has 1 saturated carbocycles. The smallest absolute Gasteiger partial charge is 0.142 e. The van der Waals surface area contributed by atoms with E-state index in [-0.39, 0.29) is 23.2 Å². The van der Waals surface area contributed by atoms with E-state index in [4.69, 9.17) is 21.2 Å². The molecule has 4 rings (SSSR count). The third-order valence-corrected chi connectivity index (χ3v) is 6.87. The molecule has 1 aliphatic carbocycles. The highest BCUT2D eigenvalue weighted by molar-refractivity contribution is 6.29. The Bertz CT molecular complexity index is 1260. The molecule has 36 heavy (non-hydrogen) atoms. The van der Waals surface area contributed by atoms with Crippen molar-refractivity contribution in [1.82, 2.24) is 0 Å². The van der Waals surface area contributed by atoms with Crippen LogP contribution in [0.5, 0.6) is 11.5 Å². The molecule has 5 heteroatoms. The Morgan fingerprint density at radius 2 is 1.69 bits per heavy atom. The number of halogens is 1. The second-order valence-corrected chi connectivity index (χ2v) is 10.4. The lowest BCUT2D eigenvalue weighted by Crippen LogP contribution is -2.12. The molecule has 0 bridgehead atoms. The predicted molar refractivity (Wildman–Crippen MR) is 145 cm³/mol. The van der Waals surface area contributed by atoms with E-state index in [9.17, 15) is 5.26 Å². The SMILES string of the molecule is C/C(Cl)=C/C1C(C(CC(C#N)c2cccc(Oc3ccccc3)c2)=NOCc2ccccc2)C1(C)C. The molecule has 0 N–H and O–H groups in total. The Kier molecular flexibility index (Phi) is 8.13. The predicted octanol–water partition coefficient (Wildman–Crippen LogP) is 8.46.